The largest absolute Gasteiger partial charge is 0.466 e. The average Bonchev–Trinajstić information content (AvgIpc) is 3.29. The Balaban J connectivity index is 0.0000410. The first-order chi connectivity index (χ1) is 31.3. The van der Waals surface area contributed by atoms with Crippen LogP contribution in [0.25, 0.3) is 0 Å². The zero-order valence-corrected chi connectivity index (χ0v) is 43.5. The van der Waals surface area contributed by atoms with Gasteiger partial charge in [0.2, 0.25) is 0 Å². The van der Waals surface area contributed by atoms with Crippen LogP contribution in [-0.4, -0.2) is 62.8 Å². The van der Waals surface area contributed by atoms with E-state index in [9.17, 15) is 14.4 Å². The fourth-order valence-corrected chi connectivity index (χ4v) is 9.90. The Morgan fingerprint density at radius 3 is 1.08 bits per heavy atom. The summed E-state index contributed by atoms with van der Waals surface area (Å²) in [6.07, 6.45) is 46.9. The van der Waals surface area contributed by atoms with Crippen LogP contribution in [0.4, 0.5) is 0 Å². The van der Waals surface area contributed by atoms with Crippen molar-refractivity contribution in [1.82, 2.24) is 4.90 Å². The number of piperidine rings is 1. The Morgan fingerprint density at radius 2 is 0.723 bits per heavy atom. The lowest BCUT2D eigenvalue weighted by atomic mass is 9.90. The van der Waals surface area contributed by atoms with Gasteiger partial charge in [0.15, 0.2) is 0 Å². The van der Waals surface area contributed by atoms with Crippen LogP contribution >= 0.6 is 0 Å². The summed E-state index contributed by atoms with van der Waals surface area (Å²) in [5, 5.41) is 0. The van der Waals surface area contributed by atoms with E-state index in [0.717, 1.165) is 102 Å². The molecule has 386 valence electrons. The van der Waals surface area contributed by atoms with E-state index >= 15 is 0 Å². The zero-order chi connectivity index (χ0) is 46.6. The summed E-state index contributed by atoms with van der Waals surface area (Å²) in [4.78, 5) is 40.5. The summed E-state index contributed by atoms with van der Waals surface area (Å²) in [7, 11) is 2.12. The van der Waals surface area contributed by atoms with Gasteiger partial charge in [-0.05, 0) is 102 Å². The normalized spacial score (nSPS) is 13.5. The SMILES string of the molecule is C.CCCCCCCC(CCCCCCC)CCCOC(=O)CCCCCC(CCCCCC(=O)OCCCC(CCCCCCC)CCCCCCC)COC(=O)C1CCN(C)CC1. The van der Waals surface area contributed by atoms with Crippen LogP contribution in [0.15, 0.2) is 0 Å². The molecule has 0 amide bonds. The molecule has 0 aromatic rings. The number of ether oxygens (including phenoxy) is 3. The molecule has 7 heteroatoms. The standard InChI is InChI=1S/C57H109NO6.CH4/c1-6-10-14-18-24-34-51(35-25-19-15-11-7-2)40-32-48-62-55(59)42-30-22-28-38-53(50-64-57(61)54-44-46-58(5)47-45-54)39-29-23-31-43-56(60)63-49-33-41-52(36-26-20-16-12-8-3)37-27-21-17-13-9-4;/h51-54H,6-50H2,1-5H3;1H4. The van der Waals surface area contributed by atoms with Crippen molar-refractivity contribution in [3.05, 3.63) is 0 Å². The van der Waals surface area contributed by atoms with Crippen LogP contribution < -0.4 is 0 Å². The highest BCUT2D eigenvalue weighted by atomic mass is 16.5. The van der Waals surface area contributed by atoms with E-state index in [1.54, 1.807) is 0 Å². The van der Waals surface area contributed by atoms with Crippen molar-refractivity contribution in [2.24, 2.45) is 23.7 Å². The minimum Gasteiger partial charge on any atom is -0.466 e. The van der Waals surface area contributed by atoms with Gasteiger partial charge in [0.25, 0.3) is 0 Å². The van der Waals surface area contributed by atoms with Crippen LogP contribution in [0.3, 0.4) is 0 Å². The second kappa shape index (κ2) is 47.4. The molecule has 0 spiro atoms. The van der Waals surface area contributed by atoms with Crippen LogP contribution in [0.1, 0.15) is 292 Å². The van der Waals surface area contributed by atoms with Gasteiger partial charge in [-0.2, -0.15) is 0 Å². The molecule has 0 atom stereocenters. The van der Waals surface area contributed by atoms with Gasteiger partial charge in [-0.15, -0.1) is 0 Å². The Hall–Kier alpha value is -1.63. The molecule has 1 aliphatic rings. The molecule has 0 aromatic carbocycles. The molecule has 0 bridgehead atoms. The Kier molecular flexibility index (Phi) is 46.2. The molecule has 0 saturated carbocycles. The number of hydrogen-bond donors (Lipinski definition) is 0. The first-order valence-corrected chi connectivity index (χ1v) is 28.5. The van der Waals surface area contributed by atoms with Crippen molar-refractivity contribution in [3.63, 3.8) is 0 Å². The second-order valence-electron chi connectivity index (χ2n) is 20.5. The predicted octanol–water partition coefficient (Wildman–Crippen LogP) is 17.3. The molecule has 0 aliphatic carbocycles. The maximum absolute atomic E-state index is 13.0. The number of hydrogen-bond acceptors (Lipinski definition) is 7. The predicted molar refractivity (Wildman–Crippen MR) is 278 cm³/mol. The molecular weight excluding hydrogens is 807 g/mol. The van der Waals surface area contributed by atoms with E-state index in [0.29, 0.717) is 38.6 Å². The number of rotatable bonds is 47. The van der Waals surface area contributed by atoms with E-state index in [-0.39, 0.29) is 31.3 Å². The average molecular weight is 921 g/mol. The van der Waals surface area contributed by atoms with Crippen molar-refractivity contribution in [3.8, 4) is 0 Å². The molecule has 1 rings (SSSR count). The van der Waals surface area contributed by atoms with E-state index in [1.165, 1.54) is 167 Å². The minimum atomic E-state index is -0.0525. The van der Waals surface area contributed by atoms with Gasteiger partial charge < -0.3 is 19.1 Å². The first kappa shape index (κ1) is 63.4. The number of carbonyl (C=O) groups excluding carboxylic acids is 3. The van der Waals surface area contributed by atoms with Crippen molar-refractivity contribution >= 4 is 17.9 Å². The summed E-state index contributed by atoms with van der Waals surface area (Å²) in [5.41, 5.74) is 0. The highest BCUT2D eigenvalue weighted by molar-refractivity contribution is 5.72. The first-order valence-electron chi connectivity index (χ1n) is 28.5. The van der Waals surface area contributed by atoms with Crippen LogP contribution in [0.5, 0.6) is 0 Å². The third kappa shape index (κ3) is 40.0. The lowest BCUT2D eigenvalue weighted by Gasteiger charge is -2.28. The van der Waals surface area contributed by atoms with Gasteiger partial charge in [-0.1, -0.05) is 215 Å². The summed E-state index contributed by atoms with van der Waals surface area (Å²) in [6, 6.07) is 0. The quantitative estimate of drug-likeness (QED) is 0.0342. The topological polar surface area (TPSA) is 82.1 Å². The van der Waals surface area contributed by atoms with Crippen LogP contribution in [0.2, 0.25) is 0 Å². The fourth-order valence-electron chi connectivity index (χ4n) is 9.90. The smallest absolute Gasteiger partial charge is 0.309 e. The molecule has 1 fully saturated rings. The zero-order valence-electron chi connectivity index (χ0n) is 43.5. The van der Waals surface area contributed by atoms with Crippen molar-refractivity contribution in [2.45, 2.75) is 292 Å². The lowest BCUT2D eigenvalue weighted by Crippen LogP contribution is -2.34. The van der Waals surface area contributed by atoms with Gasteiger partial charge >= 0.3 is 17.9 Å². The Morgan fingerprint density at radius 1 is 0.415 bits per heavy atom. The molecule has 0 aromatic heterocycles. The number of likely N-dealkylation sites (tertiary alicyclic amines) is 1. The van der Waals surface area contributed by atoms with E-state index in [1.807, 2.05) is 0 Å². The minimum absolute atomic E-state index is 0. The van der Waals surface area contributed by atoms with Gasteiger partial charge in [0.1, 0.15) is 0 Å². The van der Waals surface area contributed by atoms with Gasteiger partial charge in [0.05, 0.1) is 25.7 Å². The molecule has 1 aliphatic heterocycles. The summed E-state index contributed by atoms with van der Waals surface area (Å²) in [5.74, 6) is 1.75. The van der Waals surface area contributed by atoms with Gasteiger partial charge in [0, 0.05) is 12.8 Å². The summed E-state index contributed by atoms with van der Waals surface area (Å²) >= 11 is 0. The summed E-state index contributed by atoms with van der Waals surface area (Å²) in [6.45, 7) is 12.6. The third-order valence-corrected chi connectivity index (χ3v) is 14.4. The van der Waals surface area contributed by atoms with Crippen molar-refractivity contribution < 1.29 is 28.6 Å². The summed E-state index contributed by atoms with van der Waals surface area (Å²) < 4.78 is 17.4. The lowest BCUT2D eigenvalue weighted by molar-refractivity contribution is -0.152. The Bertz CT molecular complexity index is 953. The number of unbranched alkanes of at least 4 members (excludes halogenated alkanes) is 20. The molecule has 65 heavy (non-hydrogen) atoms. The molecule has 7 nitrogen and oxygen atoms in total. The number of esters is 3. The van der Waals surface area contributed by atoms with Crippen molar-refractivity contribution in [1.29, 1.82) is 0 Å². The van der Waals surface area contributed by atoms with Crippen LogP contribution in [0, 0.1) is 23.7 Å². The van der Waals surface area contributed by atoms with E-state index in [2.05, 4.69) is 39.6 Å². The second-order valence-corrected chi connectivity index (χ2v) is 20.5. The molecule has 0 unspecified atom stereocenters. The molecule has 1 heterocycles. The van der Waals surface area contributed by atoms with Gasteiger partial charge in [-0.3, -0.25) is 14.4 Å². The molecular formula is C58H113NO6. The highest BCUT2D eigenvalue weighted by Crippen LogP contribution is 2.26. The van der Waals surface area contributed by atoms with E-state index < -0.39 is 0 Å². The number of carbonyl (C=O) groups is 3. The fraction of sp³-hybridized carbons (Fsp3) is 0.948. The third-order valence-electron chi connectivity index (χ3n) is 14.4. The van der Waals surface area contributed by atoms with Gasteiger partial charge in [-0.25, -0.2) is 0 Å². The van der Waals surface area contributed by atoms with E-state index in [4.69, 9.17) is 14.2 Å². The maximum atomic E-state index is 13.0. The molecule has 0 N–H and O–H groups in total. The number of nitrogens with zero attached hydrogens (tertiary/aromatic N) is 1. The van der Waals surface area contributed by atoms with Crippen LogP contribution in [-0.2, 0) is 28.6 Å². The monoisotopic (exact) mass is 920 g/mol. The van der Waals surface area contributed by atoms with Crippen molar-refractivity contribution in [2.75, 3.05) is 40.0 Å². The molecule has 0 radical (unpaired) electrons. The highest BCUT2D eigenvalue weighted by Gasteiger charge is 2.25. The maximum Gasteiger partial charge on any atom is 0.309 e. The Labute approximate surface area is 405 Å². The molecule has 1 saturated heterocycles.